The van der Waals surface area contributed by atoms with Gasteiger partial charge in [-0.15, -0.1) is 0 Å². The number of halogens is 1. The Bertz CT molecular complexity index is 802. The van der Waals surface area contributed by atoms with Gasteiger partial charge in [0.1, 0.15) is 0 Å². The molecule has 0 aliphatic rings. The third-order valence-corrected chi connectivity index (χ3v) is 3.65. The first-order valence-electron chi connectivity index (χ1n) is 6.91. The highest BCUT2D eigenvalue weighted by molar-refractivity contribution is 5.97. The molecule has 0 unspecified atom stereocenters. The van der Waals surface area contributed by atoms with Gasteiger partial charge in [-0.05, 0) is 36.6 Å². The number of aryl methyl sites for hydroxylation is 2. The molecule has 0 N–H and O–H groups in total. The quantitative estimate of drug-likeness (QED) is 0.649. The number of carbonyl (C=O) groups excluding carboxylic acids is 1. The van der Waals surface area contributed by atoms with Crippen LogP contribution in [0, 0.1) is 12.7 Å². The van der Waals surface area contributed by atoms with Crippen LogP contribution in [0.3, 0.4) is 0 Å². The van der Waals surface area contributed by atoms with Crippen LogP contribution in [0.1, 0.15) is 28.1 Å². The number of benzene rings is 2. The van der Waals surface area contributed by atoms with Crippen molar-refractivity contribution in [2.24, 2.45) is 0 Å². The third kappa shape index (κ3) is 2.72. The van der Waals surface area contributed by atoms with E-state index in [1.807, 2.05) is 31.2 Å². The number of fused-ring (bicyclic) bond motifs is 1. The number of hydrogen-bond donors (Lipinski definition) is 0. The van der Waals surface area contributed by atoms with E-state index in [4.69, 9.17) is 4.42 Å². The van der Waals surface area contributed by atoms with Crippen LogP contribution in [0.4, 0.5) is 4.39 Å². The first-order chi connectivity index (χ1) is 10.1. The second kappa shape index (κ2) is 5.52. The highest BCUT2D eigenvalue weighted by Crippen LogP contribution is 2.23. The van der Waals surface area contributed by atoms with Gasteiger partial charge in [-0.2, -0.15) is 0 Å². The number of ketones is 1. The van der Waals surface area contributed by atoms with E-state index >= 15 is 0 Å². The van der Waals surface area contributed by atoms with Gasteiger partial charge in [0, 0.05) is 11.8 Å². The van der Waals surface area contributed by atoms with Gasteiger partial charge in [-0.3, -0.25) is 4.79 Å². The van der Waals surface area contributed by atoms with Gasteiger partial charge in [-0.1, -0.05) is 36.4 Å². The highest BCUT2D eigenvalue weighted by atomic mass is 19.1. The first kappa shape index (κ1) is 13.6. The molecule has 0 spiro atoms. The molecule has 1 heterocycles. The molecule has 0 saturated carbocycles. The normalized spacial score (nSPS) is 11.0. The predicted molar refractivity (Wildman–Crippen MR) is 80.0 cm³/mol. The Hall–Kier alpha value is -2.42. The Morgan fingerprint density at radius 1 is 1.14 bits per heavy atom. The summed E-state index contributed by atoms with van der Waals surface area (Å²) in [6.45, 7) is 2.02. The fourth-order valence-corrected chi connectivity index (χ4v) is 2.43. The lowest BCUT2D eigenvalue weighted by atomic mass is 10.0. The molecule has 3 rings (SSSR count). The summed E-state index contributed by atoms with van der Waals surface area (Å²) in [4.78, 5) is 12.2. The van der Waals surface area contributed by atoms with Crippen molar-refractivity contribution >= 4 is 16.8 Å². The Morgan fingerprint density at radius 2 is 1.95 bits per heavy atom. The van der Waals surface area contributed by atoms with Crippen LogP contribution in [-0.4, -0.2) is 5.78 Å². The van der Waals surface area contributed by atoms with Crippen molar-refractivity contribution in [1.29, 1.82) is 0 Å². The molecule has 0 bridgehead atoms. The predicted octanol–water partition coefficient (Wildman–Crippen LogP) is 4.70. The minimum atomic E-state index is -0.439. The summed E-state index contributed by atoms with van der Waals surface area (Å²) in [6, 6.07) is 14.3. The maximum Gasteiger partial charge on any atom is 0.198 e. The fourth-order valence-electron chi connectivity index (χ4n) is 2.43. The van der Waals surface area contributed by atoms with Crippen molar-refractivity contribution in [3.8, 4) is 0 Å². The van der Waals surface area contributed by atoms with Crippen LogP contribution < -0.4 is 0 Å². The number of rotatable bonds is 4. The van der Waals surface area contributed by atoms with E-state index in [-0.39, 0.29) is 17.1 Å². The Kier molecular flexibility index (Phi) is 3.57. The second-order valence-electron chi connectivity index (χ2n) is 5.12. The van der Waals surface area contributed by atoms with Gasteiger partial charge in [0.05, 0.1) is 0 Å². The smallest absolute Gasteiger partial charge is 0.198 e. The van der Waals surface area contributed by atoms with Gasteiger partial charge < -0.3 is 4.42 Å². The minimum Gasteiger partial charge on any atom is -0.450 e. The second-order valence-corrected chi connectivity index (χ2v) is 5.12. The molecule has 0 saturated heterocycles. The van der Waals surface area contributed by atoms with Crippen LogP contribution in [0.2, 0.25) is 0 Å². The van der Waals surface area contributed by atoms with Crippen LogP contribution in [0.5, 0.6) is 0 Å². The zero-order valence-electron chi connectivity index (χ0n) is 11.7. The van der Waals surface area contributed by atoms with E-state index in [2.05, 4.69) is 0 Å². The lowest BCUT2D eigenvalue weighted by Gasteiger charge is -2.03. The lowest BCUT2D eigenvalue weighted by molar-refractivity contribution is 0.0958. The first-order valence-corrected chi connectivity index (χ1v) is 6.91. The zero-order valence-corrected chi connectivity index (χ0v) is 11.7. The molecule has 0 radical (unpaired) electrons. The zero-order chi connectivity index (χ0) is 14.8. The van der Waals surface area contributed by atoms with Crippen LogP contribution >= 0.6 is 0 Å². The molecule has 0 amide bonds. The molecule has 2 aromatic carbocycles. The molecule has 0 aliphatic carbocycles. The molecular weight excluding hydrogens is 267 g/mol. The molecule has 2 nitrogen and oxygen atoms in total. The molecule has 0 fully saturated rings. The minimum absolute atomic E-state index is 0.103. The van der Waals surface area contributed by atoms with Crippen LogP contribution in [0.25, 0.3) is 11.0 Å². The van der Waals surface area contributed by atoms with Crippen LogP contribution in [-0.2, 0) is 6.42 Å². The molecule has 3 aromatic rings. The Balaban J connectivity index is 1.78. The fraction of sp³-hybridized carbons (Fsp3) is 0.167. The monoisotopic (exact) mass is 282 g/mol. The molecular formula is C18H15FO2. The summed E-state index contributed by atoms with van der Waals surface area (Å²) in [7, 11) is 0. The molecule has 21 heavy (non-hydrogen) atoms. The molecule has 1 aromatic heterocycles. The maximum absolute atomic E-state index is 13.6. The summed E-state index contributed by atoms with van der Waals surface area (Å²) in [5, 5.41) is 0.620. The van der Waals surface area contributed by atoms with Crippen LogP contribution in [0.15, 0.2) is 52.9 Å². The number of Topliss-reactive ketones (excluding diaryl/α,β-unsaturated/α-hetero) is 1. The number of hydrogen-bond acceptors (Lipinski definition) is 2. The van der Waals surface area contributed by atoms with E-state index in [0.717, 1.165) is 5.56 Å². The molecule has 0 atom stereocenters. The SMILES string of the molecule is Cc1ccccc1CCC(=O)c1cc2cccc(F)c2o1. The topological polar surface area (TPSA) is 30.2 Å². The Labute approximate surface area is 122 Å². The summed E-state index contributed by atoms with van der Waals surface area (Å²) >= 11 is 0. The molecule has 0 aliphatic heterocycles. The van der Waals surface area contributed by atoms with E-state index in [9.17, 15) is 9.18 Å². The van der Waals surface area contributed by atoms with Crippen molar-refractivity contribution in [3.05, 3.63) is 71.2 Å². The molecule has 106 valence electrons. The largest absolute Gasteiger partial charge is 0.450 e. The van der Waals surface area contributed by atoms with Crippen molar-refractivity contribution in [2.75, 3.05) is 0 Å². The van der Waals surface area contributed by atoms with Gasteiger partial charge in [0.2, 0.25) is 0 Å². The van der Waals surface area contributed by atoms with Crippen molar-refractivity contribution < 1.29 is 13.6 Å². The Morgan fingerprint density at radius 3 is 2.71 bits per heavy atom. The van der Waals surface area contributed by atoms with Crippen molar-refractivity contribution in [3.63, 3.8) is 0 Å². The van der Waals surface area contributed by atoms with E-state index in [1.165, 1.54) is 11.6 Å². The summed E-state index contributed by atoms with van der Waals surface area (Å²) in [5.74, 6) is -0.317. The third-order valence-electron chi connectivity index (χ3n) is 3.65. The molecule has 3 heteroatoms. The summed E-state index contributed by atoms with van der Waals surface area (Å²) in [6.07, 6.45) is 1.01. The average Bonchev–Trinajstić information content (AvgIpc) is 2.92. The van der Waals surface area contributed by atoms with Gasteiger partial charge in [-0.25, -0.2) is 4.39 Å². The number of para-hydroxylation sites is 1. The average molecular weight is 282 g/mol. The summed E-state index contributed by atoms with van der Waals surface area (Å²) < 4.78 is 18.9. The van der Waals surface area contributed by atoms with E-state index < -0.39 is 5.82 Å². The van der Waals surface area contributed by atoms with Crippen molar-refractivity contribution in [1.82, 2.24) is 0 Å². The van der Waals surface area contributed by atoms with Gasteiger partial charge in [0.25, 0.3) is 0 Å². The maximum atomic E-state index is 13.6. The van der Waals surface area contributed by atoms with E-state index in [0.29, 0.717) is 18.2 Å². The van der Waals surface area contributed by atoms with Crippen molar-refractivity contribution in [2.45, 2.75) is 19.8 Å². The number of carbonyl (C=O) groups is 1. The van der Waals surface area contributed by atoms with Gasteiger partial charge >= 0.3 is 0 Å². The van der Waals surface area contributed by atoms with E-state index in [1.54, 1.807) is 18.2 Å². The highest BCUT2D eigenvalue weighted by Gasteiger charge is 2.14. The standard InChI is InChI=1S/C18H15FO2/c1-12-5-2-3-6-13(12)9-10-16(20)17-11-14-7-4-8-15(19)18(14)21-17/h2-8,11H,9-10H2,1H3. The summed E-state index contributed by atoms with van der Waals surface area (Å²) in [5.41, 5.74) is 2.46. The lowest BCUT2D eigenvalue weighted by Crippen LogP contribution is -2.00. The number of furan rings is 1. The van der Waals surface area contributed by atoms with Gasteiger partial charge in [0.15, 0.2) is 22.9 Å².